The lowest BCUT2D eigenvalue weighted by Gasteiger charge is -2.05. The Morgan fingerprint density at radius 3 is 2.55 bits per heavy atom. The predicted octanol–water partition coefficient (Wildman–Crippen LogP) is 3.21. The van der Waals surface area contributed by atoms with Crippen LogP contribution in [0.2, 0.25) is 0 Å². The lowest BCUT2D eigenvalue weighted by molar-refractivity contribution is 0.0527. The number of nitrogens with two attached hydrogens (primary N) is 1. The zero-order chi connectivity index (χ0) is 16.3. The number of hydrogen-bond acceptors (Lipinski definition) is 5. The molecule has 1 aromatic heterocycles. The van der Waals surface area contributed by atoms with Gasteiger partial charge in [0.2, 0.25) is 0 Å². The summed E-state index contributed by atoms with van der Waals surface area (Å²) in [6.07, 6.45) is 0. The minimum atomic E-state index is -0.547. The molecule has 1 heterocycles. The Morgan fingerprint density at radius 1 is 1.32 bits per heavy atom. The van der Waals surface area contributed by atoms with Crippen molar-refractivity contribution in [2.75, 3.05) is 17.7 Å². The van der Waals surface area contributed by atoms with Crippen LogP contribution >= 0.6 is 11.3 Å². The number of carbonyl (C=O) groups excluding carboxylic acids is 2. The number of hydrogen-bond donors (Lipinski definition) is 2. The number of benzene rings is 1. The molecule has 1 aromatic carbocycles. The lowest BCUT2D eigenvalue weighted by Crippen LogP contribution is -2.13. The van der Waals surface area contributed by atoms with Crippen LogP contribution in [0.5, 0.6) is 0 Å². The number of thiophene rings is 1. The van der Waals surface area contributed by atoms with Gasteiger partial charge in [0.15, 0.2) is 0 Å². The van der Waals surface area contributed by atoms with Gasteiger partial charge >= 0.3 is 5.97 Å². The van der Waals surface area contributed by atoms with Gasteiger partial charge in [-0.1, -0.05) is 0 Å². The topological polar surface area (TPSA) is 81.4 Å². The highest BCUT2D eigenvalue weighted by Gasteiger charge is 2.24. The SMILES string of the molecule is CCOC(=O)c1c(N)sc(C(=O)Nc2ccc(F)cc2)c1C. The molecule has 0 atom stereocenters. The number of esters is 1. The van der Waals surface area contributed by atoms with E-state index in [0.717, 1.165) is 11.3 Å². The van der Waals surface area contributed by atoms with Crippen molar-refractivity contribution >= 4 is 33.9 Å². The first-order valence-corrected chi connectivity index (χ1v) is 7.38. The van der Waals surface area contributed by atoms with Gasteiger partial charge in [-0.3, -0.25) is 4.79 Å². The summed E-state index contributed by atoms with van der Waals surface area (Å²) >= 11 is 1.02. The molecule has 2 aromatic rings. The molecule has 0 aliphatic rings. The third-order valence-electron chi connectivity index (χ3n) is 2.96. The van der Waals surface area contributed by atoms with E-state index >= 15 is 0 Å². The van der Waals surface area contributed by atoms with Crippen molar-refractivity contribution in [3.8, 4) is 0 Å². The molecule has 0 aliphatic heterocycles. The zero-order valence-electron chi connectivity index (χ0n) is 12.1. The average molecular weight is 322 g/mol. The molecule has 0 radical (unpaired) electrons. The van der Waals surface area contributed by atoms with Gasteiger partial charge < -0.3 is 15.8 Å². The van der Waals surface area contributed by atoms with Gasteiger partial charge in [0, 0.05) is 5.69 Å². The molecule has 0 unspecified atom stereocenters. The fourth-order valence-corrected chi connectivity index (χ4v) is 2.89. The molecular weight excluding hydrogens is 307 g/mol. The van der Waals surface area contributed by atoms with E-state index in [1.165, 1.54) is 24.3 Å². The standard InChI is InChI=1S/C15H15FN2O3S/c1-3-21-15(20)11-8(2)12(22-13(11)17)14(19)18-10-6-4-9(16)5-7-10/h4-7H,3,17H2,1-2H3,(H,18,19). The second-order valence-corrected chi connectivity index (χ2v) is 5.53. The summed E-state index contributed by atoms with van der Waals surface area (Å²) in [5, 5.41) is 2.87. The molecule has 0 fully saturated rings. The van der Waals surface area contributed by atoms with Crippen LogP contribution in [0, 0.1) is 12.7 Å². The summed E-state index contributed by atoms with van der Waals surface area (Å²) in [6, 6.07) is 5.39. The summed E-state index contributed by atoms with van der Waals surface area (Å²) in [4.78, 5) is 24.4. The highest BCUT2D eigenvalue weighted by Crippen LogP contribution is 2.31. The third-order valence-corrected chi connectivity index (χ3v) is 4.08. The molecular formula is C15H15FN2O3S. The molecule has 5 nitrogen and oxygen atoms in total. The molecule has 116 valence electrons. The van der Waals surface area contributed by atoms with Crippen molar-refractivity contribution in [3.05, 3.63) is 46.1 Å². The Morgan fingerprint density at radius 2 is 1.95 bits per heavy atom. The normalized spacial score (nSPS) is 10.3. The van der Waals surface area contributed by atoms with Gasteiger partial charge in [-0.25, -0.2) is 9.18 Å². The van der Waals surface area contributed by atoms with Crippen LogP contribution in [0.15, 0.2) is 24.3 Å². The van der Waals surface area contributed by atoms with Crippen LogP contribution < -0.4 is 11.1 Å². The Hall–Kier alpha value is -2.41. The van der Waals surface area contributed by atoms with E-state index in [-0.39, 0.29) is 23.0 Å². The number of nitrogen functional groups attached to an aromatic ring is 1. The first kappa shape index (κ1) is 16.0. The minimum Gasteiger partial charge on any atom is -0.462 e. The fourth-order valence-electron chi connectivity index (χ4n) is 1.93. The van der Waals surface area contributed by atoms with Gasteiger partial charge in [-0.15, -0.1) is 11.3 Å². The Kier molecular flexibility index (Phi) is 4.77. The summed E-state index contributed by atoms with van der Waals surface area (Å²) in [5.74, 6) is -1.34. The van der Waals surface area contributed by atoms with Crippen molar-refractivity contribution < 1.29 is 18.7 Å². The van der Waals surface area contributed by atoms with E-state index in [1.54, 1.807) is 13.8 Å². The molecule has 0 aliphatic carbocycles. The van der Waals surface area contributed by atoms with Crippen molar-refractivity contribution in [2.45, 2.75) is 13.8 Å². The van der Waals surface area contributed by atoms with Crippen LogP contribution in [-0.4, -0.2) is 18.5 Å². The lowest BCUT2D eigenvalue weighted by atomic mass is 10.1. The van der Waals surface area contributed by atoms with Gasteiger partial charge in [0.1, 0.15) is 10.8 Å². The summed E-state index contributed by atoms with van der Waals surface area (Å²) < 4.78 is 17.8. The second-order valence-electron chi connectivity index (χ2n) is 4.48. The van der Waals surface area contributed by atoms with Crippen molar-refractivity contribution in [1.29, 1.82) is 0 Å². The second kappa shape index (κ2) is 6.57. The molecule has 0 spiro atoms. The summed E-state index contributed by atoms with van der Waals surface area (Å²) in [5.41, 5.74) is 6.96. The summed E-state index contributed by atoms with van der Waals surface area (Å²) in [6.45, 7) is 3.56. The first-order valence-electron chi connectivity index (χ1n) is 6.57. The summed E-state index contributed by atoms with van der Waals surface area (Å²) in [7, 11) is 0. The van der Waals surface area contributed by atoms with Crippen LogP contribution in [-0.2, 0) is 4.74 Å². The van der Waals surface area contributed by atoms with Gasteiger partial charge in [0.05, 0.1) is 17.0 Å². The van der Waals surface area contributed by atoms with E-state index in [4.69, 9.17) is 10.5 Å². The largest absolute Gasteiger partial charge is 0.462 e. The minimum absolute atomic E-state index is 0.219. The molecule has 0 saturated heterocycles. The maximum atomic E-state index is 12.9. The van der Waals surface area contributed by atoms with Crippen LogP contribution in [0.25, 0.3) is 0 Å². The van der Waals surface area contributed by atoms with Gasteiger partial charge in [-0.05, 0) is 43.7 Å². The van der Waals surface area contributed by atoms with Gasteiger partial charge in [0.25, 0.3) is 5.91 Å². The number of rotatable bonds is 4. The van der Waals surface area contributed by atoms with Crippen LogP contribution in [0.4, 0.5) is 15.1 Å². The molecule has 2 rings (SSSR count). The number of amides is 1. The Labute approximate surface area is 130 Å². The Balaban J connectivity index is 2.25. The van der Waals surface area contributed by atoms with E-state index in [2.05, 4.69) is 5.32 Å². The van der Waals surface area contributed by atoms with Crippen molar-refractivity contribution in [2.24, 2.45) is 0 Å². The smallest absolute Gasteiger partial charge is 0.341 e. The Bertz CT molecular complexity index is 710. The fraction of sp³-hybridized carbons (Fsp3) is 0.200. The van der Waals surface area contributed by atoms with E-state index < -0.39 is 11.9 Å². The molecule has 3 N–H and O–H groups in total. The monoisotopic (exact) mass is 322 g/mol. The highest BCUT2D eigenvalue weighted by molar-refractivity contribution is 7.18. The maximum Gasteiger partial charge on any atom is 0.341 e. The van der Waals surface area contributed by atoms with Crippen LogP contribution in [0.1, 0.15) is 32.5 Å². The number of carbonyl (C=O) groups is 2. The zero-order valence-corrected chi connectivity index (χ0v) is 12.9. The predicted molar refractivity (Wildman–Crippen MR) is 83.8 cm³/mol. The molecule has 0 bridgehead atoms. The number of anilines is 2. The highest BCUT2D eigenvalue weighted by atomic mass is 32.1. The average Bonchev–Trinajstić information content (AvgIpc) is 2.77. The molecule has 1 amide bonds. The number of nitrogens with one attached hydrogen (secondary N) is 1. The van der Waals surface area contributed by atoms with E-state index in [0.29, 0.717) is 16.1 Å². The maximum absolute atomic E-state index is 12.9. The number of halogens is 1. The quantitative estimate of drug-likeness (QED) is 0.847. The third kappa shape index (κ3) is 3.25. The van der Waals surface area contributed by atoms with Crippen molar-refractivity contribution in [3.63, 3.8) is 0 Å². The number of ether oxygens (including phenoxy) is 1. The van der Waals surface area contributed by atoms with Gasteiger partial charge in [-0.2, -0.15) is 0 Å². The first-order chi connectivity index (χ1) is 10.4. The molecule has 22 heavy (non-hydrogen) atoms. The van der Waals surface area contributed by atoms with Crippen molar-refractivity contribution in [1.82, 2.24) is 0 Å². The van der Waals surface area contributed by atoms with E-state index in [1.807, 2.05) is 0 Å². The van der Waals surface area contributed by atoms with Crippen LogP contribution in [0.3, 0.4) is 0 Å². The molecule has 7 heteroatoms. The molecule has 0 saturated carbocycles. The van der Waals surface area contributed by atoms with E-state index in [9.17, 15) is 14.0 Å².